The molecule has 1 aliphatic rings. The number of nitrogens with zero attached hydrogens (tertiary/aromatic N) is 3. The summed E-state index contributed by atoms with van der Waals surface area (Å²) < 4.78 is 33.4. The van der Waals surface area contributed by atoms with E-state index in [2.05, 4.69) is 15.4 Å². The van der Waals surface area contributed by atoms with Crippen LogP contribution in [0.2, 0.25) is 0 Å². The third-order valence-corrected chi connectivity index (χ3v) is 4.76. The van der Waals surface area contributed by atoms with Crippen molar-refractivity contribution in [2.24, 2.45) is 4.99 Å². The van der Waals surface area contributed by atoms with Crippen LogP contribution in [-0.4, -0.2) is 23.1 Å². The zero-order valence-corrected chi connectivity index (χ0v) is 15.4. The van der Waals surface area contributed by atoms with Gasteiger partial charge in [0, 0.05) is 17.3 Å². The van der Waals surface area contributed by atoms with E-state index in [-0.39, 0.29) is 0 Å². The van der Waals surface area contributed by atoms with Gasteiger partial charge in [0.2, 0.25) is 0 Å². The number of amidine groups is 1. The molecule has 2 aromatic carbocycles. The highest BCUT2D eigenvalue weighted by molar-refractivity contribution is 8.01. The minimum atomic E-state index is -4.58. The molecule has 2 heterocycles. The summed E-state index contributed by atoms with van der Waals surface area (Å²) in [7, 11) is -4.58. The van der Waals surface area contributed by atoms with Gasteiger partial charge >= 0.3 is 10.1 Å². The molecule has 0 radical (unpaired) electrons. The van der Waals surface area contributed by atoms with E-state index in [0.29, 0.717) is 22.8 Å². The van der Waals surface area contributed by atoms with E-state index in [1.54, 1.807) is 24.4 Å². The number of anilines is 1. The summed E-state index contributed by atoms with van der Waals surface area (Å²) in [5, 5.41) is 0.935. The first-order chi connectivity index (χ1) is 13.5. The molecule has 0 amide bonds. The molecular formula is C20H16N4O3S. The summed E-state index contributed by atoms with van der Waals surface area (Å²) in [6.07, 6.45) is 1.60. The van der Waals surface area contributed by atoms with Gasteiger partial charge in [-0.25, -0.2) is 15.0 Å². The normalized spacial score (nSPS) is 14.5. The average molecular weight is 392 g/mol. The predicted molar refractivity (Wildman–Crippen MR) is 109 cm³/mol. The zero-order valence-electron chi connectivity index (χ0n) is 14.6. The fourth-order valence-electron chi connectivity index (χ4n) is 2.87. The van der Waals surface area contributed by atoms with Crippen molar-refractivity contribution in [3.63, 3.8) is 0 Å². The first-order valence-corrected chi connectivity index (χ1v) is 9.87. The average Bonchev–Trinajstić information content (AvgIpc) is 2.74. The van der Waals surface area contributed by atoms with E-state index in [4.69, 9.17) is 0 Å². The first-order valence-electron chi connectivity index (χ1n) is 8.43. The van der Waals surface area contributed by atoms with Gasteiger partial charge in [0.25, 0.3) is 5.17 Å². The van der Waals surface area contributed by atoms with Crippen LogP contribution in [-0.2, 0) is 10.1 Å². The lowest BCUT2D eigenvalue weighted by Crippen LogP contribution is -2.47. The second-order valence-electron chi connectivity index (χ2n) is 5.96. The van der Waals surface area contributed by atoms with E-state index in [1.807, 2.05) is 60.7 Å². The second-order valence-corrected chi connectivity index (χ2v) is 7.29. The molecule has 0 saturated carbocycles. The minimum Gasteiger partial charge on any atom is -0.279 e. The van der Waals surface area contributed by atoms with Crippen LogP contribution in [0.15, 0.2) is 90.1 Å². The quantitative estimate of drug-likeness (QED) is 0.665. The van der Waals surface area contributed by atoms with Crippen molar-refractivity contribution in [1.82, 2.24) is 10.4 Å². The van der Waals surface area contributed by atoms with Gasteiger partial charge in [0.15, 0.2) is 5.82 Å². The lowest BCUT2D eigenvalue weighted by atomic mass is 10.0. The molecule has 0 bridgehead atoms. The third kappa shape index (κ3) is 3.51. The van der Waals surface area contributed by atoms with Crippen LogP contribution in [0.25, 0.3) is 11.4 Å². The molecule has 0 fully saturated rings. The predicted octanol–water partition coefficient (Wildman–Crippen LogP) is 3.18. The highest BCUT2D eigenvalue weighted by atomic mass is 32.2. The summed E-state index contributed by atoms with van der Waals surface area (Å²) >= 11 is 0. The molecule has 1 aromatic heterocycles. The number of hydrogen-bond donors (Lipinski definition) is 2. The van der Waals surface area contributed by atoms with Crippen molar-refractivity contribution in [2.45, 2.75) is 0 Å². The summed E-state index contributed by atoms with van der Waals surface area (Å²) in [5.41, 5.74) is 5.19. The van der Waals surface area contributed by atoms with Gasteiger partial charge in [0.1, 0.15) is 0 Å². The highest BCUT2D eigenvalue weighted by Gasteiger charge is 2.31. The maximum Gasteiger partial charge on any atom is 0.329 e. The van der Waals surface area contributed by atoms with Gasteiger partial charge in [-0.2, -0.15) is 8.42 Å². The lowest BCUT2D eigenvalue weighted by Gasteiger charge is -2.32. The Balaban J connectivity index is 2.04. The molecule has 0 atom stereocenters. The van der Waals surface area contributed by atoms with E-state index in [1.165, 1.54) is 5.01 Å². The van der Waals surface area contributed by atoms with Crippen molar-refractivity contribution >= 4 is 32.5 Å². The van der Waals surface area contributed by atoms with Crippen LogP contribution in [0.5, 0.6) is 0 Å². The van der Waals surface area contributed by atoms with Gasteiger partial charge in [-0.15, -0.1) is 0 Å². The third-order valence-electron chi connectivity index (χ3n) is 4.09. The van der Waals surface area contributed by atoms with Crippen LogP contribution >= 0.6 is 0 Å². The number of nitrogens with one attached hydrogen (secondary N) is 1. The Hall–Kier alpha value is -3.49. The van der Waals surface area contributed by atoms with E-state index in [9.17, 15) is 13.0 Å². The number of aliphatic imine (C=N–C) groups is 1. The molecule has 3 aromatic rings. The molecule has 0 unspecified atom stereocenters. The number of aromatic nitrogens is 1. The van der Waals surface area contributed by atoms with Gasteiger partial charge in [-0.3, -0.25) is 9.98 Å². The van der Waals surface area contributed by atoms with Crippen LogP contribution in [0, 0.1) is 0 Å². The Morgan fingerprint density at radius 2 is 1.43 bits per heavy atom. The lowest BCUT2D eigenvalue weighted by molar-refractivity contribution is 0.496. The maximum atomic E-state index is 11.9. The van der Waals surface area contributed by atoms with Crippen molar-refractivity contribution in [1.29, 1.82) is 0 Å². The molecule has 7 nitrogen and oxygen atoms in total. The van der Waals surface area contributed by atoms with Crippen molar-refractivity contribution in [2.75, 3.05) is 5.01 Å². The van der Waals surface area contributed by atoms with Crippen molar-refractivity contribution in [3.8, 4) is 0 Å². The molecule has 0 aliphatic carbocycles. The fourth-order valence-corrected chi connectivity index (χ4v) is 3.28. The first kappa shape index (κ1) is 17.9. The monoisotopic (exact) mass is 392 g/mol. The maximum absolute atomic E-state index is 11.9. The molecule has 140 valence electrons. The molecule has 28 heavy (non-hydrogen) atoms. The summed E-state index contributed by atoms with van der Waals surface area (Å²) in [6, 6.07) is 23.9. The SMILES string of the molecule is O=S(=O)(O)C1=NC(c2ccccc2)=C(c2ccccc2)N(c2ccccn2)N1. The van der Waals surface area contributed by atoms with Gasteiger partial charge < -0.3 is 0 Å². The summed E-state index contributed by atoms with van der Waals surface area (Å²) in [4.78, 5) is 8.56. The van der Waals surface area contributed by atoms with Gasteiger partial charge in [0.05, 0.1) is 11.4 Å². The summed E-state index contributed by atoms with van der Waals surface area (Å²) in [5.74, 6) is 0.450. The van der Waals surface area contributed by atoms with Gasteiger partial charge in [-0.1, -0.05) is 66.7 Å². The largest absolute Gasteiger partial charge is 0.329 e. The van der Waals surface area contributed by atoms with Crippen molar-refractivity contribution in [3.05, 3.63) is 96.2 Å². The van der Waals surface area contributed by atoms with Crippen LogP contribution < -0.4 is 10.4 Å². The smallest absolute Gasteiger partial charge is 0.279 e. The van der Waals surface area contributed by atoms with E-state index < -0.39 is 15.3 Å². The highest BCUT2D eigenvalue weighted by Crippen LogP contribution is 2.34. The number of hydrazine groups is 1. The standard InChI is InChI=1S/C20H16N4O3S/c25-28(26,27)20-22-18(15-9-3-1-4-10-15)19(16-11-5-2-6-12-16)24(23-20)17-13-7-8-14-21-17/h1-14H,(H,22,23)(H,25,26,27). The Labute approximate surface area is 162 Å². The molecule has 8 heteroatoms. The van der Waals surface area contributed by atoms with Gasteiger partial charge in [-0.05, 0) is 12.1 Å². The van der Waals surface area contributed by atoms with Crippen LogP contribution in [0.4, 0.5) is 5.82 Å². The Morgan fingerprint density at radius 1 is 0.821 bits per heavy atom. The van der Waals surface area contributed by atoms with E-state index in [0.717, 1.165) is 5.56 Å². The topological polar surface area (TPSA) is 94.9 Å². The Kier molecular flexibility index (Phi) is 4.64. The minimum absolute atomic E-state index is 0.392. The van der Waals surface area contributed by atoms with E-state index >= 15 is 0 Å². The molecule has 2 N–H and O–H groups in total. The van der Waals surface area contributed by atoms with Crippen LogP contribution in [0.3, 0.4) is 0 Å². The number of hydrogen-bond acceptors (Lipinski definition) is 6. The molecular weight excluding hydrogens is 376 g/mol. The molecule has 0 spiro atoms. The molecule has 1 aliphatic heterocycles. The molecule has 4 rings (SSSR count). The fraction of sp³-hybridized carbons (Fsp3) is 0. The number of pyridine rings is 1. The number of benzene rings is 2. The molecule has 0 saturated heterocycles. The van der Waals surface area contributed by atoms with Crippen molar-refractivity contribution < 1.29 is 13.0 Å². The number of rotatable bonds is 3. The second kappa shape index (κ2) is 7.26. The Morgan fingerprint density at radius 3 is 2.00 bits per heavy atom. The Bertz CT molecular complexity index is 1150. The van der Waals surface area contributed by atoms with Crippen LogP contribution in [0.1, 0.15) is 11.1 Å². The summed E-state index contributed by atoms with van der Waals surface area (Å²) in [6.45, 7) is 0. The zero-order chi connectivity index (χ0) is 19.6.